The number of rotatable bonds is 4. The van der Waals surface area contributed by atoms with Crippen LogP contribution in [-0.4, -0.2) is 61.4 Å². The number of hydrogen-bond acceptors (Lipinski definition) is 6. The van der Waals surface area contributed by atoms with Gasteiger partial charge in [0.2, 0.25) is 0 Å². The lowest BCUT2D eigenvalue weighted by Gasteiger charge is -2.36. The summed E-state index contributed by atoms with van der Waals surface area (Å²) >= 11 is 5.89. The fraction of sp³-hybridized carbons (Fsp3) is 0.333. The molecule has 1 fully saturated rings. The summed E-state index contributed by atoms with van der Waals surface area (Å²) in [5, 5.41) is 0.973. The van der Waals surface area contributed by atoms with E-state index in [1.165, 1.54) is 30.5 Å². The van der Waals surface area contributed by atoms with Crippen molar-refractivity contribution >= 4 is 50.6 Å². The summed E-state index contributed by atoms with van der Waals surface area (Å²) in [6, 6.07) is 11.2. The Balaban J connectivity index is 1.60. The number of benzene rings is 2. The Labute approximate surface area is 203 Å². The molecule has 3 aromatic rings. The summed E-state index contributed by atoms with van der Waals surface area (Å²) in [6.07, 6.45) is 1.65. The zero-order valence-corrected chi connectivity index (χ0v) is 20.8. The molecule has 1 amide bonds. The Morgan fingerprint density at radius 1 is 1.03 bits per heavy atom. The first-order valence-corrected chi connectivity index (χ1v) is 12.7. The Morgan fingerprint density at radius 2 is 1.68 bits per heavy atom. The molecule has 0 atom stereocenters. The van der Waals surface area contributed by atoms with E-state index in [1.54, 1.807) is 11.0 Å². The molecular formula is C24H26ClN3O5S. The number of anilines is 1. The van der Waals surface area contributed by atoms with E-state index in [1.807, 2.05) is 32.9 Å². The van der Waals surface area contributed by atoms with Crippen LogP contribution in [0.5, 0.6) is 0 Å². The topological polar surface area (TPSA) is 88.9 Å². The molecule has 0 spiro atoms. The van der Waals surface area contributed by atoms with E-state index >= 15 is 0 Å². The van der Waals surface area contributed by atoms with Crippen molar-refractivity contribution in [3.63, 3.8) is 0 Å². The third kappa shape index (κ3) is 4.76. The van der Waals surface area contributed by atoms with Gasteiger partial charge in [0.25, 0.3) is 10.0 Å². The highest BCUT2D eigenvalue weighted by atomic mass is 35.5. The van der Waals surface area contributed by atoms with Gasteiger partial charge in [0.05, 0.1) is 10.4 Å². The van der Waals surface area contributed by atoms with Crippen molar-refractivity contribution < 1.29 is 22.7 Å². The van der Waals surface area contributed by atoms with Crippen LogP contribution in [0.2, 0.25) is 5.02 Å². The van der Waals surface area contributed by atoms with Gasteiger partial charge in [-0.3, -0.25) is 4.79 Å². The second kappa shape index (κ2) is 8.96. The number of piperazine rings is 1. The average Bonchev–Trinajstić information content (AvgIpc) is 3.17. The molecule has 180 valence electrons. The first kappa shape index (κ1) is 24.1. The molecule has 0 unspecified atom stereocenters. The van der Waals surface area contributed by atoms with Crippen LogP contribution in [-0.2, 0) is 14.8 Å². The minimum absolute atomic E-state index is 0.0774. The van der Waals surface area contributed by atoms with Gasteiger partial charge in [-0.25, -0.2) is 17.2 Å². The molecule has 1 aliphatic rings. The van der Waals surface area contributed by atoms with Crippen molar-refractivity contribution in [1.29, 1.82) is 0 Å². The highest BCUT2D eigenvalue weighted by molar-refractivity contribution is 7.90. The van der Waals surface area contributed by atoms with Crippen LogP contribution in [0.15, 0.2) is 53.6 Å². The number of aromatic nitrogens is 1. The predicted octanol–water partition coefficient (Wildman–Crippen LogP) is 4.40. The number of aldehydes is 1. The van der Waals surface area contributed by atoms with Crippen LogP contribution in [0, 0.1) is 0 Å². The van der Waals surface area contributed by atoms with Gasteiger partial charge in [0, 0.05) is 54.0 Å². The molecule has 0 bridgehead atoms. The average molecular weight is 504 g/mol. The quantitative estimate of drug-likeness (QED) is 0.490. The van der Waals surface area contributed by atoms with Gasteiger partial charge in [-0.1, -0.05) is 11.6 Å². The van der Waals surface area contributed by atoms with Crippen LogP contribution >= 0.6 is 11.6 Å². The summed E-state index contributed by atoms with van der Waals surface area (Å²) in [4.78, 5) is 27.9. The van der Waals surface area contributed by atoms with E-state index in [9.17, 15) is 18.0 Å². The normalized spacial score (nSPS) is 14.9. The van der Waals surface area contributed by atoms with Crippen molar-refractivity contribution in [3.8, 4) is 0 Å². The Bertz CT molecular complexity index is 1340. The van der Waals surface area contributed by atoms with Crippen LogP contribution < -0.4 is 4.90 Å². The van der Waals surface area contributed by atoms with Crippen LogP contribution in [0.4, 0.5) is 10.5 Å². The van der Waals surface area contributed by atoms with Crippen molar-refractivity contribution in [2.45, 2.75) is 31.3 Å². The molecule has 1 saturated heterocycles. The molecule has 0 N–H and O–H groups in total. The van der Waals surface area contributed by atoms with E-state index in [4.69, 9.17) is 16.3 Å². The van der Waals surface area contributed by atoms with Gasteiger partial charge in [0.1, 0.15) is 5.60 Å². The number of fused-ring (bicyclic) bond motifs is 1. The first-order valence-electron chi connectivity index (χ1n) is 10.8. The molecule has 4 rings (SSSR count). The van der Waals surface area contributed by atoms with Gasteiger partial charge in [0.15, 0.2) is 6.29 Å². The lowest BCUT2D eigenvalue weighted by atomic mass is 10.1. The van der Waals surface area contributed by atoms with Crippen molar-refractivity contribution in [1.82, 2.24) is 8.87 Å². The fourth-order valence-electron chi connectivity index (χ4n) is 3.90. The minimum Gasteiger partial charge on any atom is -0.444 e. The molecule has 34 heavy (non-hydrogen) atoms. The summed E-state index contributed by atoms with van der Waals surface area (Å²) < 4.78 is 33.0. The van der Waals surface area contributed by atoms with Gasteiger partial charge in [-0.05, 0) is 63.2 Å². The predicted molar refractivity (Wildman–Crippen MR) is 131 cm³/mol. The zero-order valence-electron chi connectivity index (χ0n) is 19.2. The second-order valence-corrected chi connectivity index (χ2v) is 11.4. The number of nitrogens with zero attached hydrogens (tertiary/aromatic N) is 3. The second-order valence-electron chi connectivity index (χ2n) is 9.11. The van der Waals surface area contributed by atoms with Crippen LogP contribution in [0.1, 0.15) is 31.1 Å². The SMILES string of the molecule is CC(C)(C)OC(=O)N1CCN(c2ccc3c(c2)c(C=O)cn3S(=O)(=O)c2ccc(Cl)cc2)CC1. The molecule has 0 saturated carbocycles. The minimum atomic E-state index is -3.91. The number of amides is 1. The molecule has 1 aromatic heterocycles. The van der Waals surface area contributed by atoms with Gasteiger partial charge in [-0.2, -0.15) is 0 Å². The summed E-state index contributed by atoms with van der Waals surface area (Å²) in [7, 11) is -3.91. The molecule has 0 aliphatic carbocycles. The lowest BCUT2D eigenvalue weighted by Crippen LogP contribution is -2.50. The number of carbonyl (C=O) groups is 2. The van der Waals surface area contributed by atoms with Crippen molar-refractivity contribution in [2.24, 2.45) is 0 Å². The smallest absolute Gasteiger partial charge is 0.410 e. The Hall–Kier alpha value is -3.04. The summed E-state index contributed by atoms with van der Waals surface area (Å²) in [5.74, 6) is 0. The van der Waals surface area contributed by atoms with E-state index in [-0.39, 0.29) is 16.6 Å². The van der Waals surface area contributed by atoms with Crippen LogP contribution in [0.3, 0.4) is 0 Å². The Morgan fingerprint density at radius 3 is 2.26 bits per heavy atom. The molecular weight excluding hydrogens is 478 g/mol. The maximum absolute atomic E-state index is 13.2. The van der Waals surface area contributed by atoms with Gasteiger partial charge < -0.3 is 14.5 Å². The van der Waals surface area contributed by atoms with Gasteiger partial charge >= 0.3 is 6.09 Å². The van der Waals surface area contributed by atoms with Crippen LogP contribution in [0.25, 0.3) is 10.9 Å². The maximum atomic E-state index is 13.2. The number of hydrogen-bond donors (Lipinski definition) is 0. The summed E-state index contributed by atoms with van der Waals surface area (Å²) in [6.45, 7) is 7.68. The van der Waals surface area contributed by atoms with E-state index in [0.717, 1.165) is 9.66 Å². The van der Waals surface area contributed by atoms with Crippen molar-refractivity contribution in [3.05, 3.63) is 59.2 Å². The largest absolute Gasteiger partial charge is 0.444 e. The van der Waals surface area contributed by atoms with E-state index in [0.29, 0.717) is 48.4 Å². The Kier molecular flexibility index (Phi) is 6.35. The molecule has 2 aromatic carbocycles. The summed E-state index contributed by atoms with van der Waals surface area (Å²) in [5.41, 5.74) is 0.986. The zero-order chi connectivity index (χ0) is 24.7. The monoisotopic (exact) mass is 503 g/mol. The molecule has 0 radical (unpaired) electrons. The molecule has 8 nitrogen and oxygen atoms in total. The van der Waals surface area contributed by atoms with Crippen molar-refractivity contribution in [2.75, 3.05) is 31.1 Å². The van der Waals surface area contributed by atoms with E-state index in [2.05, 4.69) is 4.90 Å². The van der Waals surface area contributed by atoms with Gasteiger partial charge in [-0.15, -0.1) is 0 Å². The number of ether oxygens (including phenoxy) is 1. The first-order chi connectivity index (χ1) is 16.0. The third-order valence-corrected chi connectivity index (χ3v) is 7.52. The standard InChI is InChI=1S/C24H26ClN3O5S/c1-24(2,3)33-23(30)27-12-10-26(11-13-27)19-6-9-22-21(14-19)17(16-29)15-28(22)34(31,32)20-7-4-18(25)5-8-20/h4-9,14-16H,10-13H2,1-3H3. The molecule has 1 aliphatic heterocycles. The maximum Gasteiger partial charge on any atom is 0.410 e. The highest BCUT2D eigenvalue weighted by Gasteiger charge is 2.27. The lowest BCUT2D eigenvalue weighted by molar-refractivity contribution is 0.0240. The number of halogens is 1. The molecule has 10 heteroatoms. The van der Waals surface area contributed by atoms with E-state index < -0.39 is 15.6 Å². The number of carbonyl (C=O) groups excluding carboxylic acids is 2. The molecule has 2 heterocycles. The highest BCUT2D eigenvalue weighted by Crippen LogP contribution is 2.30. The fourth-order valence-corrected chi connectivity index (χ4v) is 5.40. The third-order valence-electron chi connectivity index (χ3n) is 5.58.